The number of aryl methyl sites for hydroxylation is 4. The molecule has 36 heteroatoms. The molecule has 9 saturated heterocycles. The fourth-order valence-corrected chi connectivity index (χ4v) is 23.6. The molecule has 4 aliphatic carbocycles. The Kier molecular flexibility index (Phi) is 41.0. The van der Waals surface area contributed by atoms with Crippen LogP contribution >= 0.6 is 135 Å². The van der Waals surface area contributed by atoms with E-state index in [0.29, 0.717) is 31.3 Å². The summed E-state index contributed by atoms with van der Waals surface area (Å²) < 4.78 is 45.3. The fourth-order valence-electron chi connectivity index (χ4n) is 19.1. The van der Waals surface area contributed by atoms with Crippen LogP contribution < -0.4 is 78.7 Å². The van der Waals surface area contributed by atoms with Crippen LogP contribution in [0.25, 0.3) is 0 Å². The Labute approximate surface area is 793 Å². The van der Waals surface area contributed by atoms with E-state index in [2.05, 4.69) is 133 Å². The normalized spacial score (nSPS) is 30.0. The summed E-state index contributed by atoms with van der Waals surface area (Å²) in [6.45, 7) is 15.1. The maximum atomic E-state index is 12.8. The number of rotatable bonds is 11. The van der Waals surface area contributed by atoms with Crippen LogP contribution in [0.15, 0.2) is 131 Å². The van der Waals surface area contributed by atoms with Gasteiger partial charge in [-0.1, -0.05) is 139 Å². The molecular formula is C81H120ClKN10O14P2S8. The number of nitrogens with one attached hydrogen (secondary N) is 3. The molecule has 4 aromatic carbocycles. The molecule has 19 rings (SSSR count). The van der Waals surface area contributed by atoms with E-state index in [9.17, 15) is 34.2 Å². The number of anilines is 2. The molecule has 3 amide bonds. The van der Waals surface area contributed by atoms with Gasteiger partial charge >= 0.3 is 68.9 Å². The van der Waals surface area contributed by atoms with Gasteiger partial charge in [0.25, 0.3) is 8.53 Å². The van der Waals surface area contributed by atoms with Crippen molar-refractivity contribution in [3.05, 3.63) is 187 Å². The number of nitrogens with zero attached hydrogens (tertiary/aromatic N) is 7. The molecule has 0 saturated carbocycles. The van der Waals surface area contributed by atoms with Gasteiger partial charge in [0, 0.05) is 68.3 Å². The third kappa shape index (κ3) is 21.2. The van der Waals surface area contributed by atoms with Gasteiger partial charge in [-0.25, -0.2) is 23.7 Å². The number of hydrogen-bond donors (Lipinski definition) is 5. The number of amides is 3. The van der Waals surface area contributed by atoms with Crippen molar-refractivity contribution in [3.63, 3.8) is 0 Å². The molecule has 644 valence electrons. The summed E-state index contributed by atoms with van der Waals surface area (Å²) in [6.07, 6.45) is 20.7. The van der Waals surface area contributed by atoms with E-state index in [4.69, 9.17) is 39.0 Å². The molecule has 6 aromatic rings. The Hall–Kier alpha value is -2.00. The number of aromatic nitrogens is 4. The third-order valence-electron chi connectivity index (χ3n) is 24.6. The number of aliphatic hydroxyl groups excluding tert-OH is 1. The van der Waals surface area contributed by atoms with E-state index in [1.165, 1.54) is 73.5 Å². The largest absolute Gasteiger partial charge is 1.00 e. The molecule has 24 nitrogen and oxygen atoms in total. The van der Waals surface area contributed by atoms with Crippen LogP contribution in [0.3, 0.4) is 0 Å². The molecule has 0 radical (unpaired) electrons. The Morgan fingerprint density at radius 1 is 0.573 bits per heavy atom. The minimum atomic E-state index is -1.23. The number of fused-ring (bicyclic) bond motifs is 13. The van der Waals surface area contributed by atoms with Crippen molar-refractivity contribution in [3.8, 4) is 0 Å². The van der Waals surface area contributed by atoms with E-state index in [1.807, 2.05) is 17.9 Å². The van der Waals surface area contributed by atoms with Crippen LogP contribution in [0.2, 0.25) is 0 Å². The second kappa shape index (κ2) is 45.4. The smallest absolute Gasteiger partial charge is 0.870 e. The van der Waals surface area contributed by atoms with Gasteiger partial charge in [-0.3, -0.25) is 18.7 Å². The Balaban J connectivity index is 0.000000266. The number of aliphatic hydroxyl groups is 2. The average molecular weight is 1850 g/mol. The van der Waals surface area contributed by atoms with Crippen LogP contribution in [0.4, 0.5) is 16.4 Å². The van der Waals surface area contributed by atoms with Crippen molar-refractivity contribution in [2.24, 2.45) is 11.8 Å². The predicted molar refractivity (Wildman–Crippen MR) is 494 cm³/mol. The molecule has 9 fully saturated rings. The standard InChI is InChI=1S/C27H35N4O5P.C14H21N3O4.C14H15NO2.C13H15ClNOP.C13H17NO.K.H2O.8H2S/c1-4-20-21(16-24(34-20)30-15-12-23(29-26(30)33)28-25(32)17(2)3)35-37-31-14-7-10-22(31)27(36-37)13-11-18-8-5-6-9-19(18)27;1-4-10-9(18)7-12(21-10)17-6-5-11(16-14(17)20)15-13(19)8(2)3;16-13-15-9-3-6-12(15)14(17-13)8-7-10-4-1-2-5-11(10)14;14-17-15-9-3-6-12(15)13(16-17)8-7-10-4-1-2-5-11(10)13;15-13(12-6-3-9-14-12)8-7-10-4-1-2-5-11(10)13;;;;;;;;;;/h5-6,8-9,12,15,17,20-22,24H,4,7,10-11,13-14,16H2,1-3H3,(H,28,29,32,33);5-6,8-10,12,18H,4,7H2,1-3H3,(H,15,16,19,20);2*1-2,4-5,12H,3,6-9H2;1-2,4-5,12,14-15H,3,6-9H2;;9*1H2/q;;;;;+1;;;;;;;;;/p-1/t20?,21?,22-,24?,27-,37?;9?,10-,12-;12-,14-;12-,13-,17?;12-,13-;;;;;;;;;;/m01000........../s1. The zero-order chi connectivity index (χ0) is 74.5. The van der Waals surface area contributed by atoms with E-state index < -0.39 is 51.7 Å². The maximum Gasteiger partial charge on any atom is 1.00 e. The molecule has 16 atom stereocenters. The van der Waals surface area contributed by atoms with Gasteiger partial charge in [-0.05, 0) is 184 Å². The van der Waals surface area contributed by atoms with E-state index in [0.717, 1.165) is 122 Å². The number of carbonyl (C=O) groups is 3. The molecular weight excluding hydrogens is 1730 g/mol. The topological polar surface area (TPSA) is 293 Å². The van der Waals surface area contributed by atoms with Crippen LogP contribution in [0.1, 0.15) is 201 Å². The van der Waals surface area contributed by atoms with Gasteiger partial charge in [0.15, 0.2) is 5.60 Å². The summed E-state index contributed by atoms with van der Waals surface area (Å²) in [6, 6.07) is 38.8. The number of halogens is 1. The first kappa shape index (κ1) is 106. The summed E-state index contributed by atoms with van der Waals surface area (Å²) >= 11 is 6.42. The van der Waals surface area contributed by atoms with Gasteiger partial charge in [-0.2, -0.15) is 118 Å². The van der Waals surface area contributed by atoms with Crippen molar-refractivity contribution in [2.45, 2.75) is 253 Å². The second-order valence-corrected chi connectivity index (χ2v) is 34.8. The molecule has 13 aliphatic rings. The average Bonchev–Trinajstić information content (AvgIpc) is 1.57. The first-order valence-electron chi connectivity index (χ1n) is 39.2. The number of carbonyl (C=O) groups excluding carboxylic acids is 3. The monoisotopic (exact) mass is 1850 g/mol. The van der Waals surface area contributed by atoms with Gasteiger partial charge in [-0.15, -0.1) is 0 Å². The van der Waals surface area contributed by atoms with Crippen molar-refractivity contribution in [1.82, 2.24) is 38.7 Å². The van der Waals surface area contributed by atoms with Gasteiger partial charge in [0.2, 0.25) is 19.5 Å². The minimum Gasteiger partial charge on any atom is -0.870 e. The summed E-state index contributed by atoms with van der Waals surface area (Å²) in [7, 11) is -2.11. The zero-order valence-electron chi connectivity index (χ0n) is 67.7. The first-order chi connectivity index (χ1) is 51.7. The molecule has 6 unspecified atom stereocenters. The van der Waals surface area contributed by atoms with Crippen molar-refractivity contribution in [2.75, 3.05) is 36.8 Å². The number of ether oxygens (including phenoxy) is 3. The van der Waals surface area contributed by atoms with Crippen molar-refractivity contribution < 1.29 is 109 Å². The summed E-state index contributed by atoms with van der Waals surface area (Å²) in [5.74, 6) is -0.282. The number of hydrogen-bond acceptors (Lipinski definition) is 19. The third-order valence-corrected chi connectivity index (χ3v) is 28.6. The van der Waals surface area contributed by atoms with E-state index >= 15 is 0 Å². The molecule has 0 bridgehead atoms. The number of benzene rings is 4. The van der Waals surface area contributed by atoms with Crippen LogP contribution in [0.5, 0.6) is 0 Å². The van der Waals surface area contributed by atoms with Gasteiger partial charge < -0.3 is 64.3 Å². The SMILES string of the molecule is CCC1OC(n2ccc(NC(=O)C(C)C)nc2=O)CC1OP1O[C@]2(CCc3ccccc32)[C@@H]2CCCN21.CC[C@H]1O[C@@H](n2ccc(NC(=O)C(C)C)nc2=O)CC1O.ClP1O[C@]2(CCc3ccccc32)[C@@H]2CCCN21.O=C1O[C@]2(CCc3ccccc32)[C@@H]2CCCN12.O[C@@]1([C@@H]2CCCN2)CCc2ccccc21.S.S.S.S.S.S.S.S.[K+].[OH-]. The van der Waals surface area contributed by atoms with Crippen LogP contribution in [0, 0.1) is 11.8 Å². The molecule has 6 N–H and O–H groups in total. The van der Waals surface area contributed by atoms with E-state index in [-0.39, 0.29) is 253 Å². The maximum absolute atomic E-state index is 12.8. The molecule has 11 heterocycles. The Morgan fingerprint density at radius 2 is 1.01 bits per heavy atom. The van der Waals surface area contributed by atoms with Crippen LogP contribution in [-0.4, -0.2) is 142 Å². The molecule has 9 aliphatic heterocycles. The van der Waals surface area contributed by atoms with Crippen LogP contribution in [-0.2, 0) is 85.5 Å². The van der Waals surface area contributed by atoms with Crippen molar-refractivity contribution >= 4 is 165 Å². The zero-order valence-corrected chi connectivity index (χ0v) is 81.3. The predicted octanol–water partition coefficient (Wildman–Crippen LogP) is 10.9. The van der Waals surface area contributed by atoms with E-state index in [1.54, 1.807) is 46.0 Å². The van der Waals surface area contributed by atoms with Crippen molar-refractivity contribution in [1.29, 1.82) is 0 Å². The molecule has 2 aromatic heterocycles. The summed E-state index contributed by atoms with van der Waals surface area (Å²) in [5, 5.41) is 29.3. The summed E-state index contributed by atoms with van der Waals surface area (Å²) in [5.41, 5.74) is 8.42. The fraction of sp³-hybridized carbons (Fsp3) is 0.568. The molecule has 117 heavy (non-hydrogen) atoms. The van der Waals surface area contributed by atoms with Gasteiger partial charge in [0.1, 0.15) is 40.9 Å². The summed E-state index contributed by atoms with van der Waals surface area (Å²) in [4.78, 5) is 70.1. The minimum absolute atomic E-state index is 0. The quantitative estimate of drug-likeness (QED) is 0.0595. The Morgan fingerprint density at radius 3 is 1.50 bits per heavy atom. The van der Waals surface area contributed by atoms with Gasteiger partial charge in [0.05, 0.1) is 42.5 Å². The second-order valence-electron chi connectivity index (χ2n) is 31.4. The first-order valence-corrected chi connectivity index (χ1v) is 42.4. The molecule has 3 spiro atoms. The Bertz CT molecular complexity index is 4410.